The van der Waals surface area contributed by atoms with Crippen molar-refractivity contribution in [1.82, 2.24) is 5.32 Å². The highest BCUT2D eigenvalue weighted by molar-refractivity contribution is 6.16. The lowest BCUT2D eigenvalue weighted by molar-refractivity contribution is -0.114. The number of carbonyl (C=O) groups is 2. The summed E-state index contributed by atoms with van der Waals surface area (Å²) in [5, 5.41) is 2.45. The van der Waals surface area contributed by atoms with E-state index < -0.39 is 5.91 Å². The lowest BCUT2D eigenvalue weighted by Gasteiger charge is -2.03. The quantitative estimate of drug-likeness (QED) is 0.738. The molecule has 16 heavy (non-hydrogen) atoms. The number of rotatable bonds is 2. The van der Waals surface area contributed by atoms with Crippen LogP contribution in [0.5, 0.6) is 0 Å². The molecule has 1 aliphatic rings. The maximum absolute atomic E-state index is 11.7. The molecule has 0 saturated heterocycles. The second-order valence-corrected chi connectivity index (χ2v) is 3.22. The Balaban J connectivity index is 2.11. The molecule has 0 bridgehead atoms. The van der Waals surface area contributed by atoms with Crippen molar-refractivity contribution >= 4 is 17.6 Å². The number of nitrogens with one attached hydrogen (secondary N) is 1. The van der Waals surface area contributed by atoms with Crippen LogP contribution in [-0.2, 0) is 4.79 Å². The van der Waals surface area contributed by atoms with Gasteiger partial charge in [0.2, 0.25) is 0 Å². The molecule has 1 aromatic carbocycles. The van der Waals surface area contributed by atoms with Crippen LogP contribution in [0.4, 0.5) is 0 Å². The molecule has 0 saturated carbocycles. The lowest BCUT2D eigenvalue weighted by atomic mass is 10.2. The number of carbonyl (C=O) groups excluding carboxylic acids is 2. The molecule has 80 valence electrons. The van der Waals surface area contributed by atoms with E-state index >= 15 is 0 Å². The van der Waals surface area contributed by atoms with E-state index in [1.807, 2.05) is 0 Å². The van der Waals surface area contributed by atoms with Gasteiger partial charge in [-0.2, -0.15) is 4.99 Å². The molecule has 1 aromatic rings. The molecular formula is C11H9N3O2. The standard InChI is InChI=1S/C11H9N3O2/c12-9-6-8(11(16)14-9)13-10(15)7-4-2-1-3-5-7/h1-6H,(H3,12,13,14,15,16). The average Bonchev–Trinajstić information content (AvgIpc) is 2.59. The SMILES string of the molecule is NC1=NC(=O)C(NC(=O)c2ccccc2)=C1. The maximum Gasteiger partial charge on any atom is 0.295 e. The Morgan fingerprint density at radius 3 is 2.50 bits per heavy atom. The van der Waals surface area contributed by atoms with Crippen LogP contribution in [0.2, 0.25) is 0 Å². The van der Waals surface area contributed by atoms with E-state index in [4.69, 9.17) is 5.73 Å². The van der Waals surface area contributed by atoms with E-state index in [0.29, 0.717) is 5.56 Å². The van der Waals surface area contributed by atoms with Gasteiger partial charge in [0.15, 0.2) is 0 Å². The van der Waals surface area contributed by atoms with Crippen LogP contribution >= 0.6 is 0 Å². The van der Waals surface area contributed by atoms with E-state index in [2.05, 4.69) is 10.3 Å². The molecule has 0 aromatic heterocycles. The van der Waals surface area contributed by atoms with Crippen molar-refractivity contribution in [2.24, 2.45) is 10.7 Å². The van der Waals surface area contributed by atoms with Gasteiger partial charge in [-0.05, 0) is 12.1 Å². The highest BCUT2D eigenvalue weighted by atomic mass is 16.2. The van der Waals surface area contributed by atoms with Crippen LogP contribution in [0.15, 0.2) is 47.1 Å². The summed E-state index contributed by atoms with van der Waals surface area (Å²) < 4.78 is 0. The van der Waals surface area contributed by atoms with Gasteiger partial charge in [-0.3, -0.25) is 9.59 Å². The number of aliphatic imine (C=N–C) groups is 1. The molecule has 0 aliphatic carbocycles. The van der Waals surface area contributed by atoms with Gasteiger partial charge < -0.3 is 11.1 Å². The van der Waals surface area contributed by atoms with Crippen molar-refractivity contribution in [3.05, 3.63) is 47.7 Å². The molecule has 5 heteroatoms. The van der Waals surface area contributed by atoms with E-state index in [9.17, 15) is 9.59 Å². The molecule has 5 nitrogen and oxygen atoms in total. The van der Waals surface area contributed by atoms with Gasteiger partial charge in [-0.15, -0.1) is 0 Å². The summed E-state index contributed by atoms with van der Waals surface area (Å²) in [4.78, 5) is 26.3. The number of nitrogens with zero attached hydrogens (tertiary/aromatic N) is 1. The minimum atomic E-state index is -0.526. The first-order valence-corrected chi connectivity index (χ1v) is 4.63. The van der Waals surface area contributed by atoms with Crippen LogP contribution in [-0.4, -0.2) is 17.6 Å². The van der Waals surface area contributed by atoms with Gasteiger partial charge in [-0.25, -0.2) is 0 Å². The molecule has 0 fully saturated rings. The molecule has 0 radical (unpaired) electrons. The van der Waals surface area contributed by atoms with Gasteiger partial charge in [-0.1, -0.05) is 18.2 Å². The molecule has 0 atom stereocenters. The van der Waals surface area contributed by atoms with Crippen molar-refractivity contribution in [3.63, 3.8) is 0 Å². The fourth-order valence-electron chi connectivity index (χ4n) is 1.29. The van der Waals surface area contributed by atoms with Crippen molar-refractivity contribution in [2.75, 3.05) is 0 Å². The van der Waals surface area contributed by atoms with E-state index in [1.165, 1.54) is 6.08 Å². The molecule has 3 N–H and O–H groups in total. The highest BCUT2D eigenvalue weighted by Gasteiger charge is 2.18. The van der Waals surface area contributed by atoms with E-state index in [-0.39, 0.29) is 17.4 Å². The first kappa shape index (κ1) is 10.1. The maximum atomic E-state index is 11.7. The average molecular weight is 215 g/mol. The van der Waals surface area contributed by atoms with Gasteiger partial charge in [0, 0.05) is 11.6 Å². The summed E-state index contributed by atoms with van der Waals surface area (Å²) in [6.07, 6.45) is 1.34. The van der Waals surface area contributed by atoms with Gasteiger partial charge in [0.25, 0.3) is 11.8 Å². The zero-order chi connectivity index (χ0) is 11.5. The first-order valence-electron chi connectivity index (χ1n) is 4.63. The molecule has 2 amide bonds. The number of hydrogen-bond donors (Lipinski definition) is 2. The van der Waals surface area contributed by atoms with Crippen molar-refractivity contribution < 1.29 is 9.59 Å². The minimum Gasteiger partial charge on any atom is -0.384 e. The normalized spacial score (nSPS) is 14.4. The molecular weight excluding hydrogens is 206 g/mol. The Kier molecular flexibility index (Phi) is 2.51. The Bertz CT molecular complexity index is 503. The summed E-state index contributed by atoms with van der Waals surface area (Å²) >= 11 is 0. The summed E-state index contributed by atoms with van der Waals surface area (Å²) in [7, 11) is 0. The van der Waals surface area contributed by atoms with Crippen LogP contribution in [0.3, 0.4) is 0 Å². The predicted molar refractivity (Wildman–Crippen MR) is 58.6 cm³/mol. The molecule has 0 spiro atoms. The fraction of sp³-hybridized carbons (Fsp3) is 0. The number of benzene rings is 1. The third kappa shape index (κ3) is 1.98. The lowest BCUT2D eigenvalue weighted by Crippen LogP contribution is -2.25. The number of amides is 2. The topological polar surface area (TPSA) is 84.5 Å². The van der Waals surface area contributed by atoms with Gasteiger partial charge in [0.1, 0.15) is 11.5 Å². The molecule has 1 aliphatic heterocycles. The molecule has 2 rings (SSSR count). The van der Waals surface area contributed by atoms with Crippen LogP contribution in [0, 0.1) is 0 Å². The van der Waals surface area contributed by atoms with Crippen molar-refractivity contribution in [1.29, 1.82) is 0 Å². The Labute approximate surface area is 91.7 Å². The van der Waals surface area contributed by atoms with Gasteiger partial charge in [0.05, 0.1) is 0 Å². The second-order valence-electron chi connectivity index (χ2n) is 3.22. The summed E-state index contributed by atoms with van der Waals surface area (Å²) in [6, 6.07) is 8.59. The van der Waals surface area contributed by atoms with E-state index in [0.717, 1.165) is 0 Å². The largest absolute Gasteiger partial charge is 0.384 e. The third-order valence-electron chi connectivity index (χ3n) is 2.04. The number of hydrogen-bond acceptors (Lipinski definition) is 3. The Morgan fingerprint density at radius 1 is 1.25 bits per heavy atom. The van der Waals surface area contributed by atoms with Crippen molar-refractivity contribution in [3.8, 4) is 0 Å². The molecule has 0 unspecified atom stereocenters. The number of nitrogens with two attached hydrogens (primary N) is 1. The smallest absolute Gasteiger partial charge is 0.295 e. The Morgan fingerprint density at radius 2 is 1.94 bits per heavy atom. The predicted octanol–water partition coefficient (Wildman–Crippen LogP) is 0.198. The first-order chi connectivity index (χ1) is 7.66. The van der Waals surface area contributed by atoms with E-state index in [1.54, 1.807) is 30.3 Å². The van der Waals surface area contributed by atoms with Crippen LogP contribution < -0.4 is 11.1 Å². The zero-order valence-electron chi connectivity index (χ0n) is 8.31. The summed E-state index contributed by atoms with van der Waals surface area (Å²) in [6.45, 7) is 0. The second kappa shape index (κ2) is 3.98. The Hall–Kier alpha value is -2.43. The zero-order valence-corrected chi connectivity index (χ0v) is 8.31. The van der Waals surface area contributed by atoms with Crippen molar-refractivity contribution in [2.45, 2.75) is 0 Å². The van der Waals surface area contributed by atoms with Gasteiger partial charge >= 0.3 is 0 Å². The monoisotopic (exact) mass is 215 g/mol. The summed E-state index contributed by atoms with van der Waals surface area (Å²) in [5.41, 5.74) is 5.91. The fourth-order valence-corrected chi connectivity index (χ4v) is 1.29. The summed E-state index contributed by atoms with van der Waals surface area (Å²) in [5.74, 6) is -0.778. The third-order valence-corrected chi connectivity index (χ3v) is 2.04. The number of amidine groups is 1. The van der Waals surface area contributed by atoms with Crippen LogP contribution in [0.1, 0.15) is 10.4 Å². The minimum absolute atomic E-state index is 0.103. The van der Waals surface area contributed by atoms with Crippen LogP contribution in [0.25, 0.3) is 0 Å². The highest BCUT2D eigenvalue weighted by Crippen LogP contribution is 2.04. The molecule has 1 heterocycles.